The maximum Gasteiger partial charge on any atom is 0.272 e. The third kappa shape index (κ3) is 4.36. The van der Waals surface area contributed by atoms with E-state index in [2.05, 4.69) is 14.8 Å². The van der Waals surface area contributed by atoms with Crippen molar-refractivity contribution in [2.45, 2.75) is 50.1 Å². The van der Waals surface area contributed by atoms with E-state index >= 15 is 0 Å². The van der Waals surface area contributed by atoms with Crippen molar-refractivity contribution in [3.63, 3.8) is 0 Å². The van der Waals surface area contributed by atoms with Gasteiger partial charge in [0, 0.05) is 18.9 Å². The van der Waals surface area contributed by atoms with E-state index in [9.17, 15) is 17.2 Å². The molecule has 1 aromatic carbocycles. The molecule has 10 heteroatoms. The number of ether oxygens (including phenoxy) is 1. The van der Waals surface area contributed by atoms with Crippen molar-refractivity contribution >= 4 is 10.0 Å². The lowest BCUT2D eigenvalue weighted by Crippen LogP contribution is -2.41. The van der Waals surface area contributed by atoms with Gasteiger partial charge in [-0.2, -0.15) is 5.10 Å². The van der Waals surface area contributed by atoms with E-state index in [1.165, 1.54) is 24.3 Å². The van der Waals surface area contributed by atoms with Gasteiger partial charge in [0.1, 0.15) is 18.2 Å². The van der Waals surface area contributed by atoms with Gasteiger partial charge in [-0.15, -0.1) is 0 Å². The molecule has 0 saturated carbocycles. The van der Waals surface area contributed by atoms with Crippen LogP contribution in [-0.4, -0.2) is 42.3 Å². The number of hydrogen-bond donors (Lipinski definition) is 1. The van der Waals surface area contributed by atoms with Crippen LogP contribution in [0.15, 0.2) is 29.2 Å². The molecule has 0 aliphatic carbocycles. The molecule has 142 valence electrons. The van der Waals surface area contributed by atoms with Crippen molar-refractivity contribution in [2.75, 3.05) is 6.61 Å². The van der Waals surface area contributed by atoms with Crippen LogP contribution in [0.3, 0.4) is 0 Å². The van der Waals surface area contributed by atoms with Gasteiger partial charge < -0.3 is 4.74 Å². The van der Waals surface area contributed by atoms with Gasteiger partial charge in [-0.1, -0.05) is 6.92 Å². The van der Waals surface area contributed by atoms with Crippen LogP contribution in [0.5, 0.6) is 5.75 Å². The molecule has 26 heavy (non-hydrogen) atoms. The lowest BCUT2D eigenvalue weighted by Gasteiger charge is -2.23. The largest absolute Gasteiger partial charge is 0.488 e. The SMILES string of the molecule is CCc1nc2n(n1)CC(NS(=O)(=O)c1ccc(OCC(F)F)cc1)CC2. The standard InChI is InChI=1S/C16H20F2N4O3S/c1-2-15-19-16-8-3-11(9-22(16)20-15)21-26(23,24)13-6-4-12(5-7-13)25-10-14(17)18/h4-7,11,14,21H,2-3,8-10H2,1H3. The molecule has 2 heterocycles. The average Bonchev–Trinajstić information content (AvgIpc) is 3.02. The molecular weight excluding hydrogens is 366 g/mol. The fourth-order valence-electron chi connectivity index (χ4n) is 2.77. The monoisotopic (exact) mass is 386 g/mol. The molecule has 1 aliphatic rings. The Morgan fingerprint density at radius 3 is 2.73 bits per heavy atom. The Kier molecular flexibility index (Phi) is 5.52. The molecule has 1 unspecified atom stereocenters. The van der Waals surface area contributed by atoms with E-state index in [0.717, 1.165) is 18.1 Å². The number of halogens is 2. The number of nitrogens with one attached hydrogen (secondary N) is 1. The zero-order chi connectivity index (χ0) is 18.7. The lowest BCUT2D eigenvalue weighted by molar-refractivity contribution is 0.0819. The van der Waals surface area contributed by atoms with Gasteiger partial charge in [0.05, 0.1) is 11.4 Å². The van der Waals surface area contributed by atoms with Crippen LogP contribution < -0.4 is 9.46 Å². The molecule has 0 spiro atoms. The molecule has 1 aromatic heterocycles. The summed E-state index contributed by atoms with van der Waals surface area (Å²) < 4.78 is 58.6. The summed E-state index contributed by atoms with van der Waals surface area (Å²) in [6.07, 6.45) is -0.561. The van der Waals surface area contributed by atoms with Crippen LogP contribution >= 0.6 is 0 Å². The number of alkyl halides is 2. The van der Waals surface area contributed by atoms with Crippen molar-refractivity contribution in [1.29, 1.82) is 0 Å². The Hall–Kier alpha value is -2.07. The second-order valence-electron chi connectivity index (χ2n) is 6.01. The van der Waals surface area contributed by atoms with E-state index in [1.807, 2.05) is 6.92 Å². The van der Waals surface area contributed by atoms with Gasteiger partial charge in [0.25, 0.3) is 6.43 Å². The summed E-state index contributed by atoms with van der Waals surface area (Å²) >= 11 is 0. The number of hydrogen-bond acceptors (Lipinski definition) is 5. The van der Waals surface area contributed by atoms with Gasteiger partial charge in [0.15, 0.2) is 5.82 Å². The summed E-state index contributed by atoms with van der Waals surface area (Å²) in [5.41, 5.74) is 0. The highest BCUT2D eigenvalue weighted by molar-refractivity contribution is 7.89. The fraction of sp³-hybridized carbons (Fsp3) is 0.500. The summed E-state index contributed by atoms with van der Waals surface area (Å²) in [5, 5.41) is 4.36. The van der Waals surface area contributed by atoms with E-state index in [1.54, 1.807) is 4.68 Å². The first-order valence-corrected chi connectivity index (χ1v) is 9.81. The summed E-state index contributed by atoms with van der Waals surface area (Å²) in [4.78, 5) is 4.46. The van der Waals surface area contributed by atoms with Crippen molar-refractivity contribution in [2.24, 2.45) is 0 Å². The number of sulfonamides is 1. The van der Waals surface area contributed by atoms with E-state index in [0.29, 0.717) is 19.4 Å². The Balaban J connectivity index is 1.65. The lowest BCUT2D eigenvalue weighted by atomic mass is 10.1. The normalized spacial score (nSPS) is 17.3. The van der Waals surface area contributed by atoms with Gasteiger partial charge in [-0.05, 0) is 30.7 Å². The molecule has 0 fully saturated rings. The highest BCUT2D eigenvalue weighted by Gasteiger charge is 2.26. The average molecular weight is 386 g/mol. The molecule has 2 aromatic rings. The Bertz CT molecular complexity index is 853. The van der Waals surface area contributed by atoms with E-state index in [-0.39, 0.29) is 16.7 Å². The van der Waals surface area contributed by atoms with Gasteiger partial charge in [-0.25, -0.2) is 31.6 Å². The predicted octanol–water partition coefficient (Wildman–Crippen LogP) is 1.78. The quantitative estimate of drug-likeness (QED) is 0.784. The molecule has 1 aliphatic heterocycles. The Morgan fingerprint density at radius 1 is 1.35 bits per heavy atom. The van der Waals surface area contributed by atoms with Crippen LogP contribution in [0.2, 0.25) is 0 Å². The minimum absolute atomic E-state index is 0.0560. The number of rotatable bonds is 7. The van der Waals surface area contributed by atoms with Crippen molar-refractivity contribution in [1.82, 2.24) is 19.5 Å². The second kappa shape index (κ2) is 7.67. The predicted molar refractivity (Wildman–Crippen MR) is 89.8 cm³/mol. The number of aromatic nitrogens is 3. The first-order valence-electron chi connectivity index (χ1n) is 8.33. The first kappa shape index (κ1) is 18.7. The topological polar surface area (TPSA) is 86.1 Å². The molecule has 1 N–H and O–H groups in total. The van der Waals surface area contributed by atoms with Gasteiger partial charge in [0.2, 0.25) is 10.0 Å². The van der Waals surface area contributed by atoms with Crippen LogP contribution in [0.25, 0.3) is 0 Å². The van der Waals surface area contributed by atoms with E-state index < -0.39 is 23.1 Å². The third-order valence-corrected chi connectivity index (χ3v) is 5.59. The second-order valence-corrected chi connectivity index (χ2v) is 7.72. The molecule has 0 bridgehead atoms. The van der Waals surface area contributed by atoms with Crippen LogP contribution in [-0.2, 0) is 29.4 Å². The zero-order valence-electron chi connectivity index (χ0n) is 14.2. The Morgan fingerprint density at radius 2 is 2.08 bits per heavy atom. The highest BCUT2D eigenvalue weighted by atomic mass is 32.2. The van der Waals surface area contributed by atoms with Crippen LogP contribution in [0.4, 0.5) is 8.78 Å². The number of fused-ring (bicyclic) bond motifs is 1. The number of nitrogens with zero attached hydrogens (tertiary/aromatic N) is 3. The van der Waals surface area contributed by atoms with Gasteiger partial charge in [-0.3, -0.25) is 0 Å². The molecule has 0 saturated heterocycles. The Labute approximate surface area is 150 Å². The van der Waals surface area contributed by atoms with Gasteiger partial charge >= 0.3 is 0 Å². The number of benzene rings is 1. The molecule has 7 nitrogen and oxygen atoms in total. The summed E-state index contributed by atoms with van der Waals surface area (Å²) in [5.74, 6) is 1.82. The smallest absolute Gasteiger partial charge is 0.272 e. The van der Waals surface area contributed by atoms with E-state index in [4.69, 9.17) is 4.74 Å². The molecule has 3 rings (SSSR count). The van der Waals surface area contributed by atoms with Crippen molar-refractivity contribution in [3.05, 3.63) is 35.9 Å². The summed E-state index contributed by atoms with van der Waals surface area (Å²) in [7, 11) is -3.72. The van der Waals surface area contributed by atoms with Crippen molar-refractivity contribution < 1.29 is 21.9 Å². The van der Waals surface area contributed by atoms with Crippen molar-refractivity contribution in [3.8, 4) is 5.75 Å². The first-order chi connectivity index (χ1) is 12.4. The maximum absolute atomic E-state index is 12.5. The maximum atomic E-state index is 12.5. The molecule has 0 radical (unpaired) electrons. The van der Waals surface area contributed by atoms with Crippen LogP contribution in [0, 0.1) is 0 Å². The van der Waals surface area contributed by atoms with Crippen LogP contribution in [0.1, 0.15) is 25.0 Å². The highest BCUT2D eigenvalue weighted by Crippen LogP contribution is 2.19. The fourth-order valence-corrected chi connectivity index (χ4v) is 4.03. The minimum Gasteiger partial charge on any atom is -0.488 e. The minimum atomic E-state index is -3.72. The molecular formula is C16H20F2N4O3S. The number of aryl methyl sites for hydroxylation is 2. The third-order valence-electron chi connectivity index (χ3n) is 4.05. The molecule has 0 amide bonds. The molecule has 1 atom stereocenters. The summed E-state index contributed by atoms with van der Waals surface area (Å²) in [6, 6.07) is 5.11. The summed E-state index contributed by atoms with van der Waals surface area (Å²) in [6.45, 7) is 1.67. The zero-order valence-corrected chi connectivity index (χ0v) is 15.0.